The molecule has 0 aliphatic heterocycles. The van der Waals surface area contributed by atoms with Gasteiger partial charge in [-0.3, -0.25) is 9.78 Å². The van der Waals surface area contributed by atoms with E-state index in [1.165, 1.54) is 12.6 Å². The molecule has 2 rings (SSSR count). The molecule has 0 aromatic carbocycles. The summed E-state index contributed by atoms with van der Waals surface area (Å²) in [5.41, 5.74) is 12.9. The molecule has 0 atom stereocenters. The topological polar surface area (TPSA) is 82.0 Å². The van der Waals surface area contributed by atoms with Gasteiger partial charge in [0, 0.05) is 17.4 Å². The molecule has 74 valence electrons. The van der Waals surface area contributed by atoms with E-state index < -0.39 is 5.91 Å². The Morgan fingerprint density at radius 1 is 1.50 bits per heavy atom. The summed E-state index contributed by atoms with van der Waals surface area (Å²) in [6.07, 6.45) is 4.88. The Morgan fingerprint density at radius 3 is 2.71 bits per heavy atom. The van der Waals surface area contributed by atoms with Crippen molar-refractivity contribution in [1.29, 1.82) is 0 Å². The van der Waals surface area contributed by atoms with Crippen molar-refractivity contribution in [2.75, 3.05) is 5.73 Å². The summed E-state index contributed by atoms with van der Waals surface area (Å²) in [6, 6.07) is 1.72. The monoisotopic (exact) mass is 191 g/mol. The third-order valence-corrected chi connectivity index (χ3v) is 2.77. The number of primary amides is 1. The fourth-order valence-corrected chi connectivity index (χ4v) is 1.81. The number of hydrogen-bond acceptors (Lipinski definition) is 3. The molecule has 0 unspecified atom stereocenters. The highest BCUT2D eigenvalue weighted by Crippen LogP contribution is 2.40. The third kappa shape index (κ3) is 1.32. The second-order valence-electron chi connectivity index (χ2n) is 3.65. The van der Waals surface area contributed by atoms with E-state index in [1.54, 1.807) is 6.07 Å². The molecule has 14 heavy (non-hydrogen) atoms. The summed E-state index contributed by atoms with van der Waals surface area (Å²) in [5.74, 6) is -0.106. The number of rotatable bonds is 2. The quantitative estimate of drug-likeness (QED) is 0.732. The number of amides is 1. The lowest BCUT2D eigenvalue weighted by molar-refractivity contribution is 0.0993. The SMILES string of the molecule is NC(=O)c1nccc(N)c1C1CCC1. The van der Waals surface area contributed by atoms with Gasteiger partial charge in [-0.1, -0.05) is 6.42 Å². The Balaban J connectivity index is 2.47. The van der Waals surface area contributed by atoms with Crippen LogP contribution in [0.1, 0.15) is 41.2 Å². The van der Waals surface area contributed by atoms with Crippen molar-refractivity contribution < 1.29 is 4.79 Å². The number of hydrogen-bond donors (Lipinski definition) is 2. The van der Waals surface area contributed by atoms with Crippen molar-refractivity contribution in [3.8, 4) is 0 Å². The standard InChI is InChI=1S/C10H13N3O/c11-7-4-5-13-9(10(12)14)8(7)6-2-1-3-6/h4-6H,1-3H2,(H2,11,13)(H2,12,14). The zero-order valence-corrected chi connectivity index (χ0v) is 7.86. The smallest absolute Gasteiger partial charge is 0.267 e. The number of nitrogens with two attached hydrogens (primary N) is 2. The van der Waals surface area contributed by atoms with E-state index >= 15 is 0 Å². The van der Waals surface area contributed by atoms with E-state index in [4.69, 9.17) is 11.5 Å². The van der Waals surface area contributed by atoms with Crippen LogP contribution in [0.15, 0.2) is 12.3 Å². The third-order valence-electron chi connectivity index (χ3n) is 2.77. The number of anilines is 1. The fraction of sp³-hybridized carbons (Fsp3) is 0.400. The molecule has 0 spiro atoms. The van der Waals surface area contributed by atoms with Gasteiger partial charge in [0.2, 0.25) is 0 Å². The van der Waals surface area contributed by atoms with Crippen molar-refractivity contribution >= 4 is 11.6 Å². The van der Waals surface area contributed by atoms with Crippen molar-refractivity contribution in [3.63, 3.8) is 0 Å². The zero-order chi connectivity index (χ0) is 10.1. The zero-order valence-electron chi connectivity index (χ0n) is 7.86. The number of carbonyl (C=O) groups is 1. The van der Waals surface area contributed by atoms with Crippen molar-refractivity contribution in [3.05, 3.63) is 23.5 Å². The highest BCUT2D eigenvalue weighted by atomic mass is 16.1. The lowest BCUT2D eigenvalue weighted by Crippen LogP contribution is -2.21. The van der Waals surface area contributed by atoms with Crippen molar-refractivity contribution in [2.45, 2.75) is 25.2 Å². The first-order valence-electron chi connectivity index (χ1n) is 4.74. The fourth-order valence-electron chi connectivity index (χ4n) is 1.81. The maximum atomic E-state index is 11.1. The van der Waals surface area contributed by atoms with Gasteiger partial charge in [-0.2, -0.15) is 0 Å². The maximum Gasteiger partial charge on any atom is 0.267 e. The Bertz CT molecular complexity index is 372. The van der Waals surface area contributed by atoms with Gasteiger partial charge in [0.15, 0.2) is 0 Å². The molecule has 1 amide bonds. The van der Waals surface area contributed by atoms with Crippen LogP contribution in [0.2, 0.25) is 0 Å². The van der Waals surface area contributed by atoms with Gasteiger partial charge < -0.3 is 11.5 Å². The first-order valence-corrected chi connectivity index (χ1v) is 4.74. The lowest BCUT2D eigenvalue weighted by atomic mass is 9.78. The van der Waals surface area contributed by atoms with Gasteiger partial charge in [-0.05, 0) is 24.8 Å². The van der Waals surface area contributed by atoms with Crippen LogP contribution in [0.4, 0.5) is 5.69 Å². The molecule has 0 saturated heterocycles. The number of nitrogens with zero attached hydrogens (tertiary/aromatic N) is 1. The van der Waals surface area contributed by atoms with E-state index in [2.05, 4.69) is 4.98 Å². The summed E-state index contributed by atoms with van der Waals surface area (Å²) in [5, 5.41) is 0. The van der Waals surface area contributed by atoms with Gasteiger partial charge in [0.25, 0.3) is 5.91 Å². The van der Waals surface area contributed by atoms with Crippen molar-refractivity contribution in [1.82, 2.24) is 4.98 Å². The number of pyridine rings is 1. The molecule has 1 aromatic heterocycles. The Kier molecular flexibility index (Phi) is 2.11. The molecule has 1 heterocycles. The van der Waals surface area contributed by atoms with Gasteiger partial charge in [0.1, 0.15) is 5.69 Å². The average molecular weight is 191 g/mol. The molecule has 0 bridgehead atoms. The minimum atomic E-state index is -0.487. The Labute approximate surface area is 82.3 Å². The van der Waals surface area contributed by atoms with Gasteiger partial charge in [-0.15, -0.1) is 0 Å². The first-order chi connectivity index (χ1) is 6.70. The molecule has 0 radical (unpaired) electrons. The van der Waals surface area contributed by atoms with Crippen LogP contribution in [-0.2, 0) is 0 Å². The second kappa shape index (κ2) is 3.29. The molecule has 4 N–H and O–H groups in total. The summed E-state index contributed by atoms with van der Waals surface area (Å²) >= 11 is 0. The largest absolute Gasteiger partial charge is 0.398 e. The summed E-state index contributed by atoms with van der Waals surface area (Å²) in [7, 11) is 0. The van der Waals surface area contributed by atoms with Crippen molar-refractivity contribution in [2.24, 2.45) is 5.73 Å². The van der Waals surface area contributed by atoms with Gasteiger partial charge in [-0.25, -0.2) is 0 Å². The molecule has 1 saturated carbocycles. The van der Waals surface area contributed by atoms with Crippen LogP contribution in [-0.4, -0.2) is 10.9 Å². The number of nitrogen functional groups attached to an aromatic ring is 1. The average Bonchev–Trinajstić information content (AvgIpc) is 2.04. The van der Waals surface area contributed by atoms with E-state index in [0.29, 0.717) is 17.3 Å². The number of carbonyl (C=O) groups excluding carboxylic acids is 1. The van der Waals surface area contributed by atoms with E-state index in [-0.39, 0.29) is 0 Å². The highest BCUT2D eigenvalue weighted by Gasteiger charge is 2.26. The highest BCUT2D eigenvalue weighted by molar-refractivity contribution is 5.93. The van der Waals surface area contributed by atoms with Gasteiger partial charge in [0.05, 0.1) is 0 Å². The molecular weight excluding hydrogens is 178 g/mol. The summed E-state index contributed by atoms with van der Waals surface area (Å²) in [6.45, 7) is 0. The predicted molar refractivity (Wildman–Crippen MR) is 53.8 cm³/mol. The van der Waals surface area contributed by atoms with Crippen LogP contribution in [0.3, 0.4) is 0 Å². The molecule has 4 heteroatoms. The van der Waals surface area contributed by atoms with Crippen LogP contribution in [0.5, 0.6) is 0 Å². The van der Waals surface area contributed by atoms with E-state index in [9.17, 15) is 4.79 Å². The normalized spacial score (nSPS) is 16.3. The molecule has 4 nitrogen and oxygen atoms in total. The van der Waals surface area contributed by atoms with E-state index in [0.717, 1.165) is 18.4 Å². The predicted octanol–water partition coefficient (Wildman–Crippen LogP) is 1.03. The Morgan fingerprint density at radius 2 is 2.21 bits per heavy atom. The van der Waals surface area contributed by atoms with Crippen LogP contribution in [0, 0.1) is 0 Å². The molecule has 1 fully saturated rings. The Hall–Kier alpha value is -1.58. The van der Waals surface area contributed by atoms with Gasteiger partial charge >= 0.3 is 0 Å². The van der Waals surface area contributed by atoms with Crippen LogP contribution in [0.25, 0.3) is 0 Å². The molecule has 1 aliphatic carbocycles. The summed E-state index contributed by atoms with van der Waals surface area (Å²) in [4.78, 5) is 15.1. The molecule has 1 aliphatic rings. The molecular formula is C10H13N3O. The number of aromatic nitrogens is 1. The summed E-state index contributed by atoms with van der Waals surface area (Å²) < 4.78 is 0. The van der Waals surface area contributed by atoms with Crippen LogP contribution < -0.4 is 11.5 Å². The second-order valence-corrected chi connectivity index (χ2v) is 3.65. The van der Waals surface area contributed by atoms with E-state index in [1.807, 2.05) is 0 Å². The maximum absolute atomic E-state index is 11.1. The minimum absolute atomic E-state index is 0.342. The lowest BCUT2D eigenvalue weighted by Gasteiger charge is -2.27. The van der Waals surface area contributed by atoms with Crippen LogP contribution >= 0.6 is 0 Å². The first kappa shape index (κ1) is 8.99. The molecule has 1 aromatic rings. The minimum Gasteiger partial charge on any atom is -0.398 e.